The SMILES string of the molecule is CCCC[C@@]1(C)NC(=O)[C@@H](C(Cl)(Cl)Cl)O1. The van der Waals surface area contributed by atoms with E-state index in [-0.39, 0.29) is 5.91 Å². The molecule has 0 bridgehead atoms. The van der Waals surface area contributed by atoms with Gasteiger partial charge in [-0.25, -0.2) is 0 Å². The number of rotatable bonds is 3. The van der Waals surface area contributed by atoms with Crippen molar-refractivity contribution >= 4 is 40.7 Å². The topological polar surface area (TPSA) is 38.3 Å². The summed E-state index contributed by atoms with van der Waals surface area (Å²) >= 11 is 16.9. The fraction of sp³-hybridized carbons (Fsp3) is 0.889. The average molecular weight is 275 g/mol. The molecule has 0 saturated carbocycles. The Morgan fingerprint density at radius 2 is 2.13 bits per heavy atom. The van der Waals surface area contributed by atoms with Crippen LogP contribution in [0.1, 0.15) is 33.1 Å². The van der Waals surface area contributed by atoms with Crippen molar-refractivity contribution in [3.8, 4) is 0 Å². The lowest BCUT2D eigenvalue weighted by Gasteiger charge is -2.25. The quantitative estimate of drug-likeness (QED) is 0.804. The van der Waals surface area contributed by atoms with Gasteiger partial charge in [0, 0.05) is 0 Å². The maximum Gasteiger partial charge on any atom is 0.255 e. The third-order valence-electron chi connectivity index (χ3n) is 2.31. The minimum atomic E-state index is -1.71. The molecule has 1 aliphatic rings. The second-order valence-corrected chi connectivity index (χ2v) is 6.23. The molecule has 1 saturated heterocycles. The summed E-state index contributed by atoms with van der Waals surface area (Å²) in [6.07, 6.45) is 1.66. The lowest BCUT2D eigenvalue weighted by atomic mass is 10.1. The van der Waals surface area contributed by atoms with Crippen LogP contribution in [0.15, 0.2) is 0 Å². The number of ether oxygens (including phenoxy) is 1. The van der Waals surface area contributed by atoms with Crippen molar-refractivity contribution in [3.63, 3.8) is 0 Å². The van der Waals surface area contributed by atoms with Crippen LogP contribution in [0, 0.1) is 0 Å². The average Bonchev–Trinajstić information content (AvgIpc) is 2.39. The fourth-order valence-corrected chi connectivity index (χ4v) is 1.95. The molecule has 2 atom stereocenters. The summed E-state index contributed by atoms with van der Waals surface area (Å²) in [5.41, 5.74) is -0.707. The lowest BCUT2D eigenvalue weighted by Crippen LogP contribution is -2.39. The van der Waals surface area contributed by atoms with E-state index in [4.69, 9.17) is 39.5 Å². The Bertz CT molecular complexity index is 254. The summed E-state index contributed by atoms with van der Waals surface area (Å²) < 4.78 is 3.76. The largest absolute Gasteiger partial charge is 0.338 e. The van der Waals surface area contributed by atoms with Crippen molar-refractivity contribution in [2.24, 2.45) is 0 Å². The summed E-state index contributed by atoms with van der Waals surface area (Å²) in [6, 6.07) is 0. The summed E-state index contributed by atoms with van der Waals surface area (Å²) in [7, 11) is 0. The van der Waals surface area contributed by atoms with Crippen LogP contribution in [0.3, 0.4) is 0 Å². The van der Waals surface area contributed by atoms with Gasteiger partial charge in [-0.05, 0) is 19.8 Å². The zero-order valence-electron chi connectivity index (χ0n) is 8.65. The van der Waals surface area contributed by atoms with Crippen molar-refractivity contribution < 1.29 is 9.53 Å². The zero-order chi connectivity index (χ0) is 11.7. The Balaban J connectivity index is 2.66. The van der Waals surface area contributed by atoms with Crippen molar-refractivity contribution in [1.29, 1.82) is 0 Å². The summed E-state index contributed by atoms with van der Waals surface area (Å²) in [6.45, 7) is 3.85. The summed E-state index contributed by atoms with van der Waals surface area (Å²) in [5.74, 6) is -0.367. The molecule has 0 aliphatic carbocycles. The first-order valence-electron chi connectivity index (χ1n) is 4.85. The molecule has 15 heavy (non-hydrogen) atoms. The molecule has 0 spiro atoms. The number of hydrogen-bond donors (Lipinski definition) is 1. The molecule has 0 aromatic heterocycles. The van der Waals surface area contributed by atoms with E-state index in [1.54, 1.807) is 6.92 Å². The van der Waals surface area contributed by atoms with Crippen LogP contribution >= 0.6 is 34.8 Å². The normalized spacial score (nSPS) is 31.8. The number of hydrogen-bond acceptors (Lipinski definition) is 2. The van der Waals surface area contributed by atoms with Gasteiger partial charge in [0.05, 0.1) is 0 Å². The van der Waals surface area contributed by atoms with E-state index in [0.717, 1.165) is 12.8 Å². The Labute approximate surface area is 104 Å². The van der Waals surface area contributed by atoms with Gasteiger partial charge in [0.2, 0.25) is 3.79 Å². The molecular weight excluding hydrogens is 260 g/mol. The molecule has 0 aromatic rings. The van der Waals surface area contributed by atoms with Gasteiger partial charge in [0.15, 0.2) is 6.10 Å². The Morgan fingerprint density at radius 3 is 2.53 bits per heavy atom. The van der Waals surface area contributed by atoms with Crippen LogP contribution in [0.4, 0.5) is 0 Å². The van der Waals surface area contributed by atoms with Crippen LogP contribution in [0.5, 0.6) is 0 Å². The fourth-order valence-electron chi connectivity index (χ4n) is 1.52. The van der Waals surface area contributed by atoms with E-state index in [9.17, 15) is 4.79 Å². The minimum Gasteiger partial charge on any atom is -0.338 e. The van der Waals surface area contributed by atoms with Crippen molar-refractivity contribution in [3.05, 3.63) is 0 Å². The second kappa shape index (κ2) is 4.66. The molecule has 1 fully saturated rings. The predicted octanol–water partition coefficient (Wildman–Crippen LogP) is 2.78. The first-order valence-corrected chi connectivity index (χ1v) is 5.98. The molecule has 0 aromatic carbocycles. The highest BCUT2D eigenvalue weighted by Gasteiger charge is 2.50. The first kappa shape index (κ1) is 13.4. The Hall–Kier alpha value is 0.300. The summed E-state index contributed by atoms with van der Waals surface area (Å²) in [5, 5.41) is 2.71. The number of alkyl halides is 3. The molecule has 3 nitrogen and oxygen atoms in total. The number of amides is 1. The number of halogens is 3. The monoisotopic (exact) mass is 273 g/mol. The van der Waals surface area contributed by atoms with E-state index in [0.29, 0.717) is 6.42 Å². The van der Waals surface area contributed by atoms with Gasteiger partial charge in [-0.2, -0.15) is 0 Å². The van der Waals surface area contributed by atoms with Gasteiger partial charge < -0.3 is 10.1 Å². The molecule has 0 unspecified atom stereocenters. The lowest BCUT2D eigenvalue weighted by molar-refractivity contribution is -0.123. The van der Waals surface area contributed by atoms with Crippen molar-refractivity contribution in [1.82, 2.24) is 5.32 Å². The third-order valence-corrected chi connectivity index (χ3v) is 2.90. The summed E-state index contributed by atoms with van der Waals surface area (Å²) in [4.78, 5) is 11.5. The minimum absolute atomic E-state index is 0.367. The van der Waals surface area contributed by atoms with E-state index in [1.807, 2.05) is 0 Å². The molecule has 1 aliphatic heterocycles. The highest BCUT2D eigenvalue weighted by Crippen LogP contribution is 2.38. The van der Waals surface area contributed by atoms with Gasteiger partial charge >= 0.3 is 0 Å². The van der Waals surface area contributed by atoms with Gasteiger partial charge in [-0.1, -0.05) is 48.1 Å². The zero-order valence-corrected chi connectivity index (χ0v) is 10.9. The molecular formula is C9H14Cl3NO2. The molecule has 1 rings (SSSR count). The van der Waals surface area contributed by atoms with Crippen molar-refractivity contribution in [2.75, 3.05) is 0 Å². The predicted molar refractivity (Wildman–Crippen MR) is 61.2 cm³/mol. The van der Waals surface area contributed by atoms with Crippen LogP contribution in [-0.4, -0.2) is 21.5 Å². The van der Waals surface area contributed by atoms with Gasteiger partial charge in [-0.15, -0.1) is 0 Å². The van der Waals surface area contributed by atoms with E-state index in [2.05, 4.69) is 12.2 Å². The van der Waals surface area contributed by atoms with Crippen LogP contribution in [0.2, 0.25) is 0 Å². The van der Waals surface area contributed by atoms with E-state index in [1.165, 1.54) is 0 Å². The Morgan fingerprint density at radius 1 is 1.53 bits per heavy atom. The van der Waals surface area contributed by atoms with E-state index < -0.39 is 15.6 Å². The molecule has 88 valence electrons. The van der Waals surface area contributed by atoms with Gasteiger partial charge in [0.1, 0.15) is 5.72 Å². The highest BCUT2D eigenvalue weighted by molar-refractivity contribution is 6.68. The molecule has 6 heteroatoms. The van der Waals surface area contributed by atoms with Crippen molar-refractivity contribution in [2.45, 2.75) is 48.7 Å². The first-order chi connectivity index (χ1) is 6.78. The number of unbranched alkanes of at least 4 members (excludes halogenated alkanes) is 1. The van der Waals surface area contributed by atoms with Gasteiger partial charge in [0.25, 0.3) is 5.91 Å². The molecule has 0 radical (unpaired) electrons. The number of carbonyl (C=O) groups excluding carboxylic acids is 1. The maximum atomic E-state index is 11.5. The second-order valence-electron chi connectivity index (χ2n) is 3.86. The van der Waals surface area contributed by atoms with Crippen LogP contribution < -0.4 is 5.32 Å². The Kier molecular flexibility index (Phi) is 4.15. The smallest absolute Gasteiger partial charge is 0.255 e. The number of nitrogens with one attached hydrogen (secondary N) is 1. The highest BCUT2D eigenvalue weighted by atomic mass is 35.6. The third kappa shape index (κ3) is 3.38. The molecule has 1 heterocycles. The van der Waals surface area contributed by atoms with Gasteiger partial charge in [-0.3, -0.25) is 4.79 Å². The van der Waals surface area contributed by atoms with Crippen LogP contribution in [-0.2, 0) is 9.53 Å². The van der Waals surface area contributed by atoms with Crippen LogP contribution in [0.25, 0.3) is 0 Å². The maximum absolute atomic E-state index is 11.5. The molecule has 1 amide bonds. The van der Waals surface area contributed by atoms with E-state index >= 15 is 0 Å². The standard InChI is InChI=1S/C9H14Cl3NO2/c1-3-4-5-8(2)13-7(14)6(15-8)9(10,11)12/h6H,3-5H2,1-2H3,(H,13,14)/t6-,8-/m0/s1. The number of carbonyl (C=O) groups is 1. The molecule has 1 N–H and O–H groups in total.